The van der Waals surface area contributed by atoms with E-state index in [2.05, 4.69) is 31.2 Å². The smallest absolute Gasteiger partial charge is 0.0935 e. The van der Waals surface area contributed by atoms with Gasteiger partial charge < -0.3 is 9.73 Å². The van der Waals surface area contributed by atoms with Crippen LogP contribution in [-0.2, 0) is 19.9 Å². The summed E-state index contributed by atoms with van der Waals surface area (Å²) < 4.78 is 7.11. The molecule has 1 N–H and O–H groups in total. The molecule has 0 fully saturated rings. The maximum absolute atomic E-state index is 5.15. The molecule has 2 aromatic rings. The number of likely N-dealkylation sites (N-methyl/N-ethyl adjacent to an activating group) is 1. The van der Waals surface area contributed by atoms with Gasteiger partial charge in [0.15, 0.2) is 0 Å². The lowest BCUT2D eigenvalue weighted by Crippen LogP contribution is -2.33. The van der Waals surface area contributed by atoms with Gasteiger partial charge in [0.05, 0.1) is 18.2 Å². The molecule has 104 valence electrons. The molecule has 1 atom stereocenters. The normalized spacial score (nSPS) is 12.8. The van der Waals surface area contributed by atoms with Crippen molar-refractivity contribution in [3.05, 3.63) is 41.1 Å². The third kappa shape index (κ3) is 3.26. The number of furan rings is 1. The Labute approximate surface area is 114 Å². The molecule has 2 aromatic heterocycles. The van der Waals surface area contributed by atoms with Crippen LogP contribution in [0.25, 0.3) is 0 Å². The summed E-state index contributed by atoms with van der Waals surface area (Å²) in [6.07, 6.45) is 5.55. The van der Waals surface area contributed by atoms with Crippen LogP contribution >= 0.6 is 0 Å². The number of hydrogen-bond acceptors (Lipinski definition) is 3. The summed E-state index contributed by atoms with van der Waals surface area (Å²) >= 11 is 0. The minimum atomic E-state index is 0.421. The largest absolute Gasteiger partial charge is 0.472 e. The zero-order valence-electron chi connectivity index (χ0n) is 12.2. The summed E-state index contributed by atoms with van der Waals surface area (Å²) in [5.41, 5.74) is 4.99. The van der Waals surface area contributed by atoms with Crippen LogP contribution in [0.1, 0.15) is 29.4 Å². The molecule has 4 heteroatoms. The van der Waals surface area contributed by atoms with Crippen LogP contribution in [0.5, 0.6) is 0 Å². The van der Waals surface area contributed by atoms with Gasteiger partial charge in [0.25, 0.3) is 0 Å². The summed E-state index contributed by atoms with van der Waals surface area (Å²) in [4.78, 5) is 0. The van der Waals surface area contributed by atoms with E-state index in [1.165, 1.54) is 16.8 Å². The summed E-state index contributed by atoms with van der Waals surface area (Å²) in [6.45, 7) is 7.34. The number of aromatic nitrogens is 2. The second-order valence-corrected chi connectivity index (χ2v) is 5.07. The van der Waals surface area contributed by atoms with E-state index in [4.69, 9.17) is 4.42 Å². The lowest BCUT2D eigenvalue weighted by molar-refractivity contribution is 0.512. The zero-order valence-corrected chi connectivity index (χ0v) is 12.2. The highest BCUT2D eigenvalue weighted by atomic mass is 16.3. The fourth-order valence-electron chi connectivity index (χ4n) is 2.56. The molecule has 1 unspecified atom stereocenters. The van der Waals surface area contributed by atoms with Gasteiger partial charge in [-0.1, -0.05) is 6.92 Å². The molecule has 0 radical (unpaired) electrons. The second-order valence-electron chi connectivity index (χ2n) is 5.07. The maximum atomic E-state index is 5.15. The minimum Gasteiger partial charge on any atom is -0.472 e. The Hall–Kier alpha value is -1.55. The molecule has 0 aromatic carbocycles. The monoisotopic (exact) mass is 261 g/mol. The number of aryl methyl sites for hydroxylation is 2. The van der Waals surface area contributed by atoms with Gasteiger partial charge in [-0.15, -0.1) is 0 Å². The first-order chi connectivity index (χ1) is 9.11. The summed E-state index contributed by atoms with van der Waals surface area (Å²) in [7, 11) is 2.00. The molecular formula is C15H23N3O. The molecule has 0 saturated heterocycles. The van der Waals surface area contributed by atoms with Crippen molar-refractivity contribution in [3.8, 4) is 0 Å². The SMILES string of the molecule is CCNC(Cc1ccoc1)Cc1c(C)nn(C)c1C. The fraction of sp³-hybridized carbons (Fsp3) is 0.533. The molecule has 0 amide bonds. The first-order valence-electron chi connectivity index (χ1n) is 6.85. The Balaban J connectivity index is 2.11. The molecule has 2 rings (SSSR count). The number of nitrogens with zero attached hydrogens (tertiary/aromatic N) is 2. The van der Waals surface area contributed by atoms with Crippen LogP contribution in [0, 0.1) is 13.8 Å². The van der Waals surface area contributed by atoms with Crippen molar-refractivity contribution in [1.29, 1.82) is 0 Å². The fourth-order valence-corrected chi connectivity index (χ4v) is 2.56. The van der Waals surface area contributed by atoms with Crippen molar-refractivity contribution >= 4 is 0 Å². The van der Waals surface area contributed by atoms with Gasteiger partial charge in [-0.25, -0.2) is 0 Å². The molecule has 0 aliphatic rings. The summed E-state index contributed by atoms with van der Waals surface area (Å²) in [5.74, 6) is 0. The quantitative estimate of drug-likeness (QED) is 0.868. The van der Waals surface area contributed by atoms with Gasteiger partial charge in [0.2, 0.25) is 0 Å². The van der Waals surface area contributed by atoms with Gasteiger partial charge in [-0.3, -0.25) is 4.68 Å². The van der Waals surface area contributed by atoms with E-state index >= 15 is 0 Å². The Morgan fingerprint density at radius 1 is 1.37 bits per heavy atom. The zero-order chi connectivity index (χ0) is 13.8. The molecule has 4 nitrogen and oxygen atoms in total. The van der Waals surface area contributed by atoms with E-state index in [0.717, 1.165) is 25.1 Å². The van der Waals surface area contributed by atoms with E-state index in [-0.39, 0.29) is 0 Å². The van der Waals surface area contributed by atoms with Gasteiger partial charge in [-0.05, 0) is 50.4 Å². The van der Waals surface area contributed by atoms with E-state index in [1.807, 2.05) is 24.1 Å². The molecule has 0 spiro atoms. The predicted molar refractivity (Wildman–Crippen MR) is 76.3 cm³/mol. The van der Waals surface area contributed by atoms with Gasteiger partial charge in [0, 0.05) is 18.8 Å². The first kappa shape index (κ1) is 13.9. The van der Waals surface area contributed by atoms with Crippen molar-refractivity contribution in [3.63, 3.8) is 0 Å². The summed E-state index contributed by atoms with van der Waals surface area (Å²) in [5, 5.41) is 8.05. The van der Waals surface area contributed by atoms with Gasteiger partial charge in [-0.2, -0.15) is 5.10 Å². The molecule has 0 aliphatic carbocycles. The van der Waals surface area contributed by atoms with Crippen molar-refractivity contribution < 1.29 is 4.42 Å². The third-order valence-corrected chi connectivity index (χ3v) is 3.66. The predicted octanol–water partition coefficient (Wildman–Crippen LogP) is 2.39. The molecule has 2 heterocycles. The lowest BCUT2D eigenvalue weighted by Gasteiger charge is -2.17. The van der Waals surface area contributed by atoms with Gasteiger partial charge in [0.1, 0.15) is 0 Å². The van der Waals surface area contributed by atoms with Crippen LogP contribution in [0.4, 0.5) is 0 Å². The molecular weight excluding hydrogens is 238 g/mol. The lowest BCUT2D eigenvalue weighted by atomic mass is 9.99. The molecule has 0 aliphatic heterocycles. The van der Waals surface area contributed by atoms with Crippen molar-refractivity contribution in [2.45, 2.75) is 39.7 Å². The molecule has 0 bridgehead atoms. The maximum Gasteiger partial charge on any atom is 0.0935 e. The number of rotatable bonds is 6. The second kappa shape index (κ2) is 6.06. The Bertz CT molecular complexity index is 514. The van der Waals surface area contributed by atoms with Crippen molar-refractivity contribution in [2.75, 3.05) is 6.54 Å². The van der Waals surface area contributed by atoms with Crippen LogP contribution in [0.3, 0.4) is 0 Å². The third-order valence-electron chi connectivity index (χ3n) is 3.66. The Morgan fingerprint density at radius 3 is 2.68 bits per heavy atom. The minimum absolute atomic E-state index is 0.421. The highest BCUT2D eigenvalue weighted by Gasteiger charge is 2.16. The van der Waals surface area contributed by atoms with Crippen LogP contribution in [0.2, 0.25) is 0 Å². The van der Waals surface area contributed by atoms with E-state index in [0.29, 0.717) is 6.04 Å². The van der Waals surface area contributed by atoms with E-state index in [1.54, 1.807) is 6.26 Å². The Morgan fingerprint density at radius 2 is 2.16 bits per heavy atom. The highest BCUT2D eigenvalue weighted by molar-refractivity contribution is 5.26. The summed E-state index contributed by atoms with van der Waals surface area (Å²) in [6, 6.07) is 2.46. The molecule has 0 saturated carbocycles. The standard InChI is InChI=1S/C15H23N3O/c1-5-16-14(8-13-6-7-19-10-13)9-15-11(2)17-18(4)12(15)3/h6-7,10,14,16H,5,8-9H2,1-4H3. The average molecular weight is 261 g/mol. The van der Waals surface area contributed by atoms with Crippen molar-refractivity contribution in [2.24, 2.45) is 7.05 Å². The van der Waals surface area contributed by atoms with Crippen LogP contribution in [-0.4, -0.2) is 22.4 Å². The number of nitrogens with one attached hydrogen (secondary N) is 1. The highest BCUT2D eigenvalue weighted by Crippen LogP contribution is 2.16. The van der Waals surface area contributed by atoms with Crippen LogP contribution < -0.4 is 5.32 Å². The topological polar surface area (TPSA) is 43.0 Å². The van der Waals surface area contributed by atoms with Gasteiger partial charge >= 0.3 is 0 Å². The van der Waals surface area contributed by atoms with E-state index in [9.17, 15) is 0 Å². The van der Waals surface area contributed by atoms with Crippen molar-refractivity contribution in [1.82, 2.24) is 15.1 Å². The first-order valence-corrected chi connectivity index (χ1v) is 6.85. The van der Waals surface area contributed by atoms with E-state index < -0.39 is 0 Å². The van der Waals surface area contributed by atoms with Crippen LogP contribution in [0.15, 0.2) is 23.0 Å². The number of hydrogen-bond donors (Lipinski definition) is 1. The Kier molecular flexibility index (Phi) is 4.43. The molecule has 19 heavy (non-hydrogen) atoms. The average Bonchev–Trinajstić information content (AvgIpc) is 2.94.